The molecule has 3 nitrogen and oxygen atoms in total. The van der Waals surface area contributed by atoms with Crippen molar-refractivity contribution in [3.63, 3.8) is 0 Å². The van der Waals surface area contributed by atoms with Crippen molar-refractivity contribution in [1.29, 1.82) is 0 Å². The van der Waals surface area contributed by atoms with Gasteiger partial charge in [0.15, 0.2) is 6.10 Å². The minimum absolute atomic E-state index is 0.0350. The zero-order valence-corrected chi connectivity index (χ0v) is 17.1. The normalized spacial score (nSPS) is 12.0. The molecule has 0 aliphatic heterocycles. The third-order valence-corrected chi connectivity index (χ3v) is 4.86. The first kappa shape index (κ1) is 21.0. The van der Waals surface area contributed by atoms with E-state index in [0.29, 0.717) is 18.9 Å². The number of hydrogen-bond donors (Lipinski definition) is 1. The summed E-state index contributed by atoms with van der Waals surface area (Å²) in [6.45, 7) is 9.17. The summed E-state index contributed by atoms with van der Waals surface area (Å²) < 4.78 is 5.86. The minimum atomic E-state index is -0.442. The highest BCUT2D eigenvalue weighted by Crippen LogP contribution is 2.16. The molecule has 146 valence electrons. The molecule has 2 aromatic carbocycles. The van der Waals surface area contributed by atoms with Gasteiger partial charge in [0.25, 0.3) is 5.91 Å². The van der Waals surface area contributed by atoms with E-state index >= 15 is 0 Å². The standard InChI is InChI=1S/C24H33NO2/c1-5-19-11-15-22(16-12-19)27-23(6-2)24(26)25-17-7-8-20-9-13-21(14-10-20)18(3)4/h9-16,18,23H,5-8,17H2,1-4H3,(H,25,26). The van der Waals surface area contributed by atoms with Gasteiger partial charge < -0.3 is 10.1 Å². The van der Waals surface area contributed by atoms with Crippen LogP contribution in [0.25, 0.3) is 0 Å². The maximum Gasteiger partial charge on any atom is 0.261 e. The van der Waals surface area contributed by atoms with Crippen LogP contribution in [0.3, 0.4) is 0 Å². The van der Waals surface area contributed by atoms with Crippen LogP contribution in [0.5, 0.6) is 5.75 Å². The van der Waals surface area contributed by atoms with Crippen molar-refractivity contribution in [2.24, 2.45) is 0 Å². The van der Waals surface area contributed by atoms with Crippen molar-refractivity contribution < 1.29 is 9.53 Å². The summed E-state index contributed by atoms with van der Waals surface area (Å²) in [5, 5.41) is 3.01. The average Bonchev–Trinajstić information content (AvgIpc) is 2.70. The highest BCUT2D eigenvalue weighted by molar-refractivity contribution is 5.81. The maximum atomic E-state index is 12.4. The number of nitrogens with one attached hydrogen (secondary N) is 1. The summed E-state index contributed by atoms with van der Waals surface area (Å²) in [4.78, 5) is 12.4. The molecule has 0 saturated carbocycles. The number of carbonyl (C=O) groups is 1. The third-order valence-electron chi connectivity index (χ3n) is 4.86. The lowest BCUT2D eigenvalue weighted by atomic mass is 10.0. The van der Waals surface area contributed by atoms with Gasteiger partial charge in [0.05, 0.1) is 0 Å². The summed E-state index contributed by atoms with van der Waals surface area (Å²) in [6, 6.07) is 16.7. The van der Waals surface area contributed by atoms with Gasteiger partial charge in [-0.3, -0.25) is 4.79 Å². The number of benzene rings is 2. The molecule has 0 spiro atoms. The summed E-state index contributed by atoms with van der Waals surface area (Å²) in [5.74, 6) is 1.27. The van der Waals surface area contributed by atoms with Crippen molar-refractivity contribution >= 4 is 5.91 Å². The number of aryl methyl sites for hydroxylation is 2. The Morgan fingerprint density at radius 2 is 1.59 bits per heavy atom. The molecule has 0 aromatic heterocycles. The van der Waals surface area contributed by atoms with Crippen molar-refractivity contribution in [3.8, 4) is 5.75 Å². The Labute approximate surface area is 164 Å². The molecule has 0 radical (unpaired) electrons. The fourth-order valence-corrected chi connectivity index (χ4v) is 2.98. The molecule has 0 heterocycles. The highest BCUT2D eigenvalue weighted by atomic mass is 16.5. The molecule has 3 heteroatoms. The topological polar surface area (TPSA) is 38.3 Å². The molecule has 1 atom stereocenters. The molecule has 1 amide bonds. The third kappa shape index (κ3) is 6.74. The van der Waals surface area contributed by atoms with Crippen LogP contribution in [0.2, 0.25) is 0 Å². The molecule has 1 unspecified atom stereocenters. The predicted molar refractivity (Wildman–Crippen MR) is 112 cm³/mol. The van der Waals surface area contributed by atoms with Gasteiger partial charge in [0.1, 0.15) is 5.75 Å². The van der Waals surface area contributed by atoms with Crippen LogP contribution in [0.15, 0.2) is 48.5 Å². The van der Waals surface area contributed by atoms with E-state index in [1.165, 1.54) is 16.7 Å². The Hall–Kier alpha value is -2.29. The lowest BCUT2D eigenvalue weighted by Gasteiger charge is -2.17. The number of rotatable bonds is 10. The van der Waals surface area contributed by atoms with Crippen molar-refractivity contribution in [1.82, 2.24) is 5.32 Å². The molecule has 0 aliphatic rings. The Bertz CT molecular complexity index is 689. The second kappa shape index (κ2) is 10.8. The van der Waals surface area contributed by atoms with Crippen molar-refractivity contribution in [3.05, 3.63) is 65.2 Å². The van der Waals surface area contributed by atoms with Crippen LogP contribution in [0, 0.1) is 0 Å². The fraction of sp³-hybridized carbons (Fsp3) is 0.458. The molecule has 0 saturated heterocycles. The van der Waals surface area contributed by atoms with E-state index in [1.807, 2.05) is 31.2 Å². The van der Waals surface area contributed by atoms with E-state index < -0.39 is 6.10 Å². The molecule has 0 bridgehead atoms. The van der Waals surface area contributed by atoms with Crippen LogP contribution in [-0.4, -0.2) is 18.6 Å². The summed E-state index contributed by atoms with van der Waals surface area (Å²) in [7, 11) is 0. The molecular weight excluding hydrogens is 334 g/mol. The number of ether oxygens (including phenoxy) is 1. The van der Waals surface area contributed by atoms with E-state index in [1.54, 1.807) is 0 Å². The lowest BCUT2D eigenvalue weighted by molar-refractivity contribution is -0.128. The monoisotopic (exact) mass is 367 g/mol. The summed E-state index contributed by atoms with van der Waals surface area (Å²) in [6.07, 6.45) is 3.10. The SMILES string of the molecule is CCc1ccc(OC(CC)C(=O)NCCCc2ccc(C(C)C)cc2)cc1. The van der Waals surface area contributed by atoms with Gasteiger partial charge in [0, 0.05) is 6.54 Å². The average molecular weight is 368 g/mol. The highest BCUT2D eigenvalue weighted by Gasteiger charge is 2.17. The number of hydrogen-bond acceptors (Lipinski definition) is 2. The van der Waals surface area contributed by atoms with E-state index in [0.717, 1.165) is 25.0 Å². The van der Waals surface area contributed by atoms with Crippen LogP contribution in [0.1, 0.15) is 63.1 Å². The van der Waals surface area contributed by atoms with Gasteiger partial charge >= 0.3 is 0 Å². The molecule has 27 heavy (non-hydrogen) atoms. The maximum absolute atomic E-state index is 12.4. The summed E-state index contributed by atoms with van der Waals surface area (Å²) >= 11 is 0. The van der Waals surface area contributed by atoms with Crippen LogP contribution >= 0.6 is 0 Å². The minimum Gasteiger partial charge on any atom is -0.481 e. The smallest absolute Gasteiger partial charge is 0.261 e. The van der Waals surface area contributed by atoms with Crippen LogP contribution in [-0.2, 0) is 17.6 Å². The molecule has 1 N–H and O–H groups in total. The Kier molecular flexibility index (Phi) is 8.38. The van der Waals surface area contributed by atoms with E-state index in [9.17, 15) is 4.79 Å². The molecule has 0 aliphatic carbocycles. The van der Waals surface area contributed by atoms with Gasteiger partial charge in [-0.2, -0.15) is 0 Å². The van der Waals surface area contributed by atoms with Crippen LogP contribution < -0.4 is 10.1 Å². The lowest BCUT2D eigenvalue weighted by Crippen LogP contribution is -2.38. The first-order chi connectivity index (χ1) is 13.0. The van der Waals surface area contributed by atoms with Gasteiger partial charge in [-0.25, -0.2) is 0 Å². The van der Waals surface area contributed by atoms with Crippen molar-refractivity contribution in [2.75, 3.05) is 6.54 Å². The number of carbonyl (C=O) groups excluding carboxylic acids is 1. The Morgan fingerprint density at radius 1 is 0.963 bits per heavy atom. The predicted octanol–water partition coefficient (Wildman–Crippen LogP) is 5.28. The van der Waals surface area contributed by atoms with Gasteiger partial charge in [-0.1, -0.05) is 64.1 Å². The Morgan fingerprint density at radius 3 is 2.15 bits per heavy atom. The largest absolute Gasteiger partial charge is 0.481 e. The molecule has 2 rings (SSSR count). The quantitative estimate of drug-likeness (QED) is 0.580. The zero-order valence-electron chi connectivity index (χ0n) is 17.1. The van der Waals surface area contributed by atoms with Gasteiger partial charge in [-0.15, -0.1) is 0 Å². The first-order valence-electron chi connectivity index (χ1n) is 10.2. The van der Waals surface area contributed by atoms with Crippen molar-refractivity contribution in [2.45, 2.75) is 65.4 Å². The zero-order chi connectivity index (χ0) is 19.6. The second-order valence-corrected chi connectivity index (χ2v) is 7.30. The van der Waals surface area contributed by atoms with Gasteiger partial charge in [-0.05, 0) is 60.4 Å². The molecular formula is C24H33NO2. The van der Waals surface area contributed by atoms with E-state index in [4.69, 9.17) is 4.74 Å². The van der Waals surface area contributed by atoms with E-state index in [-0.39, 0.29) is 5.91 Å². The summed E-state index contributed by atoms with van der Waals surface area (Å²) in [5.41, 5.74) is 3.94. The number of amides is 1. The molecule has 2 aromatic rings. The Balaban J connectivity index is 1.75. The molecule has 0 fully saturated rings. The van der Waals surface area contributed by atoms with Gasteiger partial charge in [0.2, 0.25) is 0 Å². The van der Waals surface area contributed by atoms with E-state index in [2.05, 4.69) is 50.4 Å². The second-order valence-electron chi connectivity index (χ2n) is 7.30. The fourth-order valence-electron chi connectivity index (χ4n) is 2.98. The van der Waals surface area contributed by atoms with Crippen LogP contribution in [0.4, 0.5) is 0 Å². The first-order valence-corrected chi connectivity index (χ1v) is 10.2.